The Morgan fingerprint density at radius 3 is 2.56 bits per heavy atom. The van der Waals surface area contributed by atoms with Crippen molar-refractivity contribution in [1.82, 2.24) is 9.88 Å². The van der Waals surface area contributed by atoms with Crippen molar-refractivity contribution in [3.8, 4) is 11.8 Å². The van der Waals surface area contributed by atoms with Crippen molar-refractivity contribution in [3.63, 3.8) is 0 Å². The summed E-state index contributed by atoms with van der Waals surface area (Å²) in [6, 6.07) is 4.73. The molecular weight excluding hydrogens is 226 g/mol. The summed E-state index contributed by atoms with van der Waals surface area (Å²) in [5.74, 6) is 0.562. The van der Waals surface area contributed by atoms with Crippen LogP contribution in [-0.4, -0.2) is 35.1 Å². The van der Waals surface area contributed by atoms with Crippen LogP contribution in [0.1, 0.15) is 33.3 Å². The number of nitrogens with zero attached hydrogens (tertiary/aromatic N) is 3. The van der Waals surface area contributed by atoms with Gasteiger partial charge < -0.3 is 4.74 Å². The van der Waals surface area contributed by atoms with Gasteiger partial charge in [-0.25, -0.2) is 0 Å². The van der Waals surface area contributed by atoms with E-state index in [1.54, 1.807) is 18.5 Å². The lowest BCUT2D eigenvalue weighted by molar-refractivity contribution is 0.141. The van der Waals surface area contributed by atoms with E-state index in [9.17, 15) is 0 Å². The van der Waals surface area contributed by atoms with Gasteiger partial charge in [-0.3, -0.25) is 9.88 Å². The molecule has 0 unspecified atom stereocenters. The minimum Gasteiger partial charge on any atom is -0.489 e. The van der Waals surface area contributed by atoms with Crippen molar-refractivity contribution < 1.29 is 4.74 Å². The summed E-state index contributed by atoms with van der Waals surface area (Å²) in [6.45, 7) is 10.1. The lowest BCUT2D eigenvalue weighted by atomic mass is 10.2. The zero-order valence-electron chi connectivity index (χ0n) is 11.6. The molecule has 0 saturated heterocycles. The standard InChI is InChI=1S/C14H21N3O/c1-11(2)17(12(3)4)7-8-18-14-10-16-6-5-13(14)9-15/h5-6,10-12H,7-8H2,1-4H3. The first kappa shape index (κ1) is 14.5. The first-order chi connectivity index (χ1) is 8.56. The number of hydrogen-bond donors (Lipinski definition) is 0. The average Bonchev–Trinajstić information content (AvgIpc) is 2.34. The predicted molar refractivity (Wildman–Crippen MR) is 71.4 cm³/mol. The normalized spacial score (nSPS) is 11.0. The third-order valence-electron chi connectivity index (χ3n) is 2.84. The molecule has 4 heteroatoms. The number of pyridine rings is 1. The molecule has 1 heterocycles. The fourth-order valence-corrected chi connectivity index (χ4v) is 1.96. The Bertz CT molecular complexity index is 402. The molecule has 0 bridgehead atoms. The van der Waals surface area contributed by atoms with E-state index in [0.29, 0.717) is 30.0 Å². The Hall–Kier alpha value is -1.60. The summed E-state index contributed by atoms with van der Waals surface area (Å²) >= 11 is 0. The molecule has 0 aliphatic carbocycles. The number of aromatic nitrogens is 1. The molecule has 0 atom stereocenters. The molecule has 0 aliphatic rings. The van der Waals surface area contributed by atoms with Crippen LogP contribution < -0.4 is 4.74 Å². The van der Waals surface area contributed by atoms with Gasteiger partial charge in [0.25, 0.3) is 0 Å². The van der Waals surface area contributed by atoms with E-state index in [2.05, 4.69) is 43.6 Å². The molecule has 4 nitrogen and oxygen atoms in total. The highest BCUT2D eigenvalue weighted by Crippen LogP contribution is 2.15. The highest BCUT2D eigenvalue weighted by atomic mass is 16.5. The second kappa shape index (κ2) is 6.97. The molecule has 18 heavy (non-hydrogen) atoms. The maximum absolute atomic E-state index is 8.94. The molecule has 0 radical (unpaired) electrons. The number of hydrogen-bond acceptors (Lipinski definition) is 4. The summed E-state index contributed by atoms with van der Waals surface area (Å²) in [4.78, 5) is 6.32. The van der Waals surface area contributed by atoms with Gasteiger partial charge >= 0.3 is 0 Å². The Morgan fingerprint density at radius 1 is 1.33 bits per heavy atom. The Morgan fingerprint density at radius 2 is 2.00 bits per heavy atom. The zero-order valence-corrected chi connectivity index (χ0v) is 11.6. The van der Waals surface area contributed by atoms with E-state index in [1.165, 1.54) is 0 Å². The molecule has 0 aromatic carbocycles. The van der Waals surface area contributed by atoms with Gasteiger partial charge in [0.15, 0.2) is 5.75 Å². The molecule has 0 amide bonds. The van der Waals surface area contributed by atoms with E-state index >= 15 is 0 Å². The maximum Gasteiger partial charge on any atom is 0.155 e. The summed E-state index contributed by atoms with van der Waals surface area (Å²) < 4.78 is 5.63. The Labute approximate surface area is 109 Å². The fraction of sp³-hybridized carbons (Fsp3) is 0.571. The molecule has 0 fully saturated rings. The third-order valence-corrected chi connectivity index (χ3v) is 2.84. The quantitative estimate of drug-likeness (QED) is 0.774. The molecular formula is C14H21N3O. The van der Waals surface area contributed by atoms with E-state index in [-0.39, 0.29) is 0 Å². The van der Waals surface area contributed by atoms with E-state index in [1.807, 2.05) is 0 Å². The largest absolute Gasteiger partial charge is 0.489 e. The predicted octanol–water partition coefficient (Wildman–Crippen LogP) is 2.45. The zero-order chi connectivity index (χ0) is 13.5. The van der Waals surface area contributed by atoms with Gasteiger partial charge in [0.05, 0.1) is 11.8 Å². The van der Waals surface area contributed by atoms with Crippen molar-refractivity contribution in [1.29, 1.82) is 5.26 Å². The highest BCUT2D eigenvalue weighted by molar-refractivity contribution is 5.40. The second-order valence-electron chi connectivity index (χ2n) is 4.76. The fourth-order valence-electron chi connectivity index (χ4n) is 1.96. The van der Waals surface area contributed by atoms with Crippen molar-refractivity contribution in [2.75, 3.05) is 13.2 Å². The summed E-state index contributed by atoms with van der Waals surface area (Å²) in [5, 5.41) is 8.94. The molecule has 98 valence electrons. The molecule has 0 aliphatic heterocycles. The van der Waals surface area contributed by atoms with Crippen LogP contribution in [0.4, 0.5) is 0 Å². The smallest absolute Gasteiger partial charge is 0.155 e. The molecule has 1 aromatic heterocycles. The summed E-state index contributed by atoms with van der Waals surface area (Å²) in [7, 11) is 0. The van der Waals surface area contributed by atoms with Crippen LogP contribution in [0.3, 0.4) is 0 Å². The molecule has 0 saturated carbocycles. The number of nitriles is 1. The summed E-state index contributed by atoms with van der Waals surface area (Å²) in [6.07, 6.45) is 3.19. The maximum atomic E-state index is 8.94. The lowest BCUT2D eigenvalue weighted by Gasteiger charge is -2.30. The Kier molecular flexibility index (Phi) is 5.60. The number of ether oxygens (including phenoxy) is 1. The van der Waals surface area contributed by atoms with Gasteiger partial charge in [-0.1, -0.05) is 0 Å². The third kappa shape index (κ3) is 4.01. The van der Waals surface area contributed by atoms with E-state index < -0.39 is 0 Å². The van der Waals surface area contributed by atoms with Crippen molar-refractivity contribution in [3.05, 3.63) is 24.0 Å². The van der Waals surface area contributed by atoms with Crippen molar-refractivity contribution in [2.24, 2.45) is 0 Å². The minimum absolute atomic E-state index is 0.484. The van der Waals surface area contributed by atoms with Crippen LogP contribution >= 0.6 is 0 Å². The SMILES string of the molecule is CC(C)N(CCOc1cnccc1C#N)C(C)C. The van der Waals surface area contributed by atoms with Crippen LogP contribution in [0.5, 0.6) is 5.75 Å². The second-order valence-corrected chi connectivity index (χ2v) is 4.76. The minimum atomic E-state index is 0.484. The average molecular weight is 247 g/mol. The molecule has 1 aromatic rings. The van der Waals surface area contributed by atoms with Gasteiger partial charge in [0.2, 0.25) is 0 Å². The Balaban J connectivity index is 2.53. The molecule has 0 N–H and O–H groups in total. The van der Waals surface area contributed by atoms with Gasteiger partial charge in [0.1, 0.15) is 12.7 Å². The van der Waals surface area contributed by atoms with Crippen LogP contribution in [-0.2, 0) is 0 Å². The van der Waals surface area contributed by atoms with Crippen LogP contribution in [0.2, 0.25) is 0 Å². The molecule has 0 spiro atoms. The van der Waals surface area contributed by atoms with Crippen LogP contribution in [0, 0.1) is 11.3 Å². The first-order valence-corrected chi connectivity index (χ1v) is 6.29. The first-order valence-electron chi connectivity index (χ1n) is 6.29. The van der Waals surface area contributed by atoms with Crippen molar-refractivity contribution >= 4 is 0 Å². The van der Waals surface area contributed by atoms with Crippen LogP contribution in [0.15, 0.2) is 18.5 Å². The van der Waals surface area contributed by atoms with E-state index in [4.69, 9.17) is 10.00 Å². The van der Waals surface area contributed by atoms with Gasteiger partial charge in [0, 0.05) is 24.8 Å². The monoisotopic (exact) mass is 247 g/mol. The molecule has 1 rings (SSSR count). The summed E-state index contributed by atoms with van der Waals surface area (Å²) in [5.41, 5.74) is 0.533. The van der Waals surface area contributed by atoms with Crippen molar-refractivity contribution in [2.45, 2.75) is 39.8 Å². The van der Waals surface area contributed by atoms with Gasteiger partial charge in [-0.2, -0.15) is 5.26 Å². The van der Waals surface area contributed by atoms with Crippen LogP contribution in [0.25, 0.3) is 0 Å². The van der Waals surface area contributed by atoms with Gasteiger partial charge in [-0.15, -0.1) is 0 Å². The number of rotatable bonds is 6. The topological polar surface area (TPSA) is 49.1 Å². The highest BCUT2D eigenvalue weighted by Gasteiger charge is 2.13. The van der Waals surface area contributed by atoms with Gasteiger partial charge in [-0.05, 0) is 33.8 Å². The van der Waals surface area contributed by atoms with E-state index in [0.717, 1.165) is 6.54 Å². The lowest BCUT2D eigenvalue weighted by Crippen LogP contribution is -2.39.